The van der Waals surface area contributed by atoms with E-state index < -0.39 is 5.72 Å². The molecule has 66 valence electrons. The number of nitrogens with two attached hydrogens (primary N) is 1. The Hall–Kier alpha value is -0.0800. The van der Waals surface area contributed by atoms with E-state index in [9.17, 15) is 5.11 Å². The smallest absolute Gasteiger partial charge is 0.110 e. The molecule has 1 aliphatic carbocycles. The first-order valence-corrected chi connectivity index (χ1v) is 4.59. The predicted octanol–water partition coefficient (Wildman–Crippen LogP) is 1.62. The minimum atomic E-state index is -0.942. The Bertz CT molecular complexity index is 111. The quantitative estimate of drug-likeness (QED) is 0.598. The molecule has 1 rings (SSSR count). The van der Waals surface area contributed by atoms with Crippen molar-refractivity contribution in [3.05, 3.63) is 0 Å². The lowest BCUT2D eigenvalue weighted by atomic mass is 9.84. The summed E-state index contributed by atoms with van der Waals surface area (Å²) in [6, 6.07) is 0. The van der Waals surface area contributed by atoms with Crippen molar-refractivity contribution in [3.63, 3.8) is 0 Å². The van der Waals surface area contributed by atoms with Gasteiger partial charge in [-0.25, -0.2) is 0 Å². The van der Waals surface area contributed by atoms with E-state index in [0.29, 0.717) is 5.92 Å². The summed E-state index contributed by atoms with van der Waals surface area (Å²) in [6.07, 6.45) is 7.29. The molecule has 0 aromatic carbocycles. The van der Waals surface area contributed by atoms with Gasteiger partial charge < -0.3 is 10.8 Å². The fourth-order valence-corrected chi connectivity index (χ4v) is 1.98. The molecule has 1 atom stereocenters. The molecule has 2 heteroatoms. The third-order valence-corrected chi connectivity index (χ3v) is 2.43. The van der Waals surface area contributed by atoms with Crippen LogP contribution in [0.4, 0.5) is 0 Å². The predicted molar refractivity (Wildman–Crippen MR) is 46.0 cm³/mol. The van der Waals surface area contributed by atoms with Gasteiger partial charge in [0.2, 0.25) is 0 Å². The second-order valence-electron chi connectivity index (χ2n) is 4.07. The number of hydrogen-bond acceptors (Lipinski definition) is 2. The van der Waals surface area contributed by atoms with Gasteiger partial charge in [0.05, 0.1) is 0 Å². The van der Waals surface area contributed by atoms with Gasteiger partial charge in [0, 0.05) is 0 Å². The van der Waals surface area contributed by atoms with Crippen molar-refractivity contribution in [2.75, 3.05) is 0 Å². The van der Waals surface area contributed by atoms with Crippen molar-refractivity contribution >= 4 is 0 Å². The van der Waals surface area contributed by atoms with Crippen LogP contribution in [0.2, 0.25) is 0 Å². The van der Waals surface area contributed by atoms with Crippen LogP contribution in [0.25, 0.3) is 0 Å². The molecule has 0 bridgehead atoms. The van der Waals surface area contributed by atoms with Gasteiger partial charge >= 0.3 is 0 Å². The van der Waals surface area contributed by atoms with Gasteiger partial charge in [-0.2, -0.15) is 0 Å². The molecule has 1 saturated carbocycles. The van der Waals surface area contributed by atoms with Crippen molar-refractivity contribution in [3.8, 4) is 0 Å². The van der Waals surface area contributed by atoms with E-state index in [1.165, 1.54) is 32.1 Å². The zero-order valence-electron chi connectivity index (χ0n) is 7.34. The third-order valence-electron chi connectivity index (χ3n) is 2.43. The van der Waals surface area contributed by atoms with Crippen LogP contribution >= 0.6 is 0 Å². The van der Waals surface area contributed by atoms with Gasteiger partial charge in [-0.1, -0.05) is 32.1 Å². The minimum Gasteiger partial charge on any atom is -0.376 e. The number of aliphatic hydroxyl groups is 1. The Kier molecular flexibility index (Phi) is 2.90. The molecule has 0 radical (unpaired) electrons. The van der Waals surface area contributed by atoms with Crippen LogP contribution in [0, 0.1) is 5.92 Å². The molecule has 11 heavy (non-hydrogen) atoms. The zero-order chi connectivity index (χ0) is 8.32. The first kappa shape index (κ1) is 9.01. The lowest BCUT2D eigenvalue weighted by molar-refractivity contribution is 0.0338. The number of rotatable bonds is 2. The molecule has 0 aromatic heterocycles. The van der Waals surface area contributed by atoms with Gasteiger partial charge in [-0.05, 0) is 19.3 Å². The Morgan fingerprint density at radius 2 is 1.91 bits per heavy atom. The Morgan fingerprint density at radius 1 is 1.36 bits per heavy atom. The standard InChI is InChI=1S/C9H19NO/c1-9(10,11)7-8-5-3-2-4-6-8/h8,11H,2-7,10H2,1H3/t9-/m0/s1. The van der Waals surface area contributed by atoms with Crippen molar-refractivity contribution in [2.45, 2.75) is 51.2 Å². The normalized spacial score (nSPS) is 26.5. The molecule has 2 nitrogen and oxygen atoms in total. The van der Waals surface area contributed by atoms with E-state index in [0.717, 1.165) is 6.42 Å². The maximum atomic E-state index is 9.35. The molecule has 0 heterocycles. The van der Waals surface area contributed by atoms with Crippen LogP contribution in [0.1, 0.15) is 45.4 Å². The topological polar surface area (TPSA) is 46.2 Å². The molecule has 1 fully saturated rings. The van der Waals surface area contributed by atoms with Crippen LogP contribution < -0.4 is 5.73 Å². The van der Waals surface area contributed by atoms with Gasteiger partial charge in [-0.3, -0.25) is 0 Å². The van der Waals surface area contributed by atoms with E-state index in [1.807, 2.05) is 0 Å². The fourth-order valence-electron chi connectivity index (χ4n) is 1.98. The molecule has 0 spiro atoms. The first-order chi connectivity index (χ1) is 5.08. The fraction of sp³-hybridized carbons (Fsp3) is 1.00. The monoisotopic (exact) mass is 157 g/mol. The largest absolute Gasteiger partial charge is 0.376 e. The first-order valence-electron chi connectivity index (χ1n) is 4.59. The van der Waals surface area contributed by atoms with Crippen LogP contribution in [0.15, 0.2) is 0 Å². The molecule has 0 amide bonds. The highest BCUT2D eigenvalue weighted by Gasteiger charge is 2.22. The molecule has 0 aromatic rings. The third kappa shape index (κ3) is 3.73. The van der Waals surface area contributed by atoms with Crippen molar-refractivity contribution in [2.24, 2.45) is 11.7 Å². The van der Waals surface area contributed by atoms with Gasteiger partial charge in [-0.15, -0.1) is 0 Å². The molecular weight excluding hydrogens is 138 g/mol. The summed E-state index contributed by atoms with van der Waals surface area (Å²) in [5, 5.41) is 9.35. The van der Waals surface area contributed by atoms with E-state index in [2.05, 4.69) is 0 Å². The SMILES string of the molecule is C[C@](N)(O)CC1CCCCC1. The van der Waals surface area contributed by atoms with Crippen molar-refractivity contribution in [1.29, 1.82) is 0 Å². The van der Waals surface area contributed by atoms with Gasteiger partial charge in [0.15, 0.2) is 0 Å². The Labute approximate surface area is 68.8 Å². The summed E-state index contributed by atoms with van der Waals surface area (Å²) in [6.45, 7) is 1.70. The summed E-state index contributed by atoms with van der Waals surface area (Å²) >= 11 is 0. The average molecular weight is 157 g/mol. The summed E-state index contributed by atoms with van der Waals surface area (Å²) in [4.78, 5) is 0. The summed E-state index contributed by atoms with van der Waals surface area (Å²) in [7, 11) is 0. The maximum Gasteiger partial charge on any atom is 0.110 e. The van der Waals surface area contributed by atoms with Crippen LogP contribution in [0.3, 0.4) is 0 Å². The van der Waals surface area contributed by atoms with E-state index >= 15 is 0 Å². The molecule has 0 saturated heterocycles. The van der Waals surface area contributed by atoms with E-state index in [-0.39, 0.29) is 0 Å². The highest BCUT2D eigenvalue weighted by Crippen LogP contribution is 2.28. The maximum absolute atomic E-state index is 9.35. The van der Waals surface area contributed by atoms with Crippen molar-refractivity contribution < 1.29 is 5.11 Å². The molecular formula is C9H19NO. The lowest BCUT2D eigenvalue weighted by Crippen LogP contribution is -2.38. The minimum absolute atomic E-state index is 0.670. The van der Waals surface area contributed by atoms with Crippen LogP contribution in [-0.4, -0.2) is 10.8 Å². The van der Waals surface area contributed by atoms with Crippen molar-refractivity contribution in [1.82, 2.24) is 0 Å². The summed E-state index contributed by atoms with van der Waals surface area (Å²) in [5.41, 5.74) is 4.58. The molecule has 0 aliphatic heterocycles. The summed E-state index contributed by atoms with van der Waals surface area (Å²) in [5.74, 6) is 0.670. The van der Waals surface area contributed by atoms with Crippen LogP contribution in [-0.2, 0) is 0 Å². The average Bonchev–Trinajstić information content (AvgIpc) is 1.85. The van der Waals surface area contributed by atoms with E-state index in [4.69, 9.17) is 5.73 Å². The lowest BCUT2D eigenvalue weighted by Gasteiger charge is -2.27. The molecule has 3 N–H and O–H groups in total. The zero-order valence-corrected chi connectivity index (χ0v) is 7.34. The number of hydrogen-bond donors (Lipinski definition) is 2. The van der Waals surface area contributed by atoms with E-state index in [1.54, 1.807) is 6.92 Å². The Balaban J connectivity index is 2.24. The van der Waals surface area contributed by atoms with Gasteiger partial charge in [0.25, 0.3) is 0 Å². The molecule has 1 aliphatic rings. The summed E-state index contributed by atoms with van der Waals surface area (Å²) < 4.78 is 0. The second kappa shape index (κ2) is 3.55. The second-order valence-corrected chi connectivity index (χ2v) is 4.07. The molecule has 0 unspecified atom stereocenters. The van der Waals surface area contributed by atoms with Crippen LogP contribution in [0.5, 0.6) is 0 Å². The highest BCUT2D eigenvalue weighted by molar-refractivity contribution is 4.73. The highest BCUT2D eigenvalue weighted by atomic mass is 16.3. The van der Waals surface area contributed by atoms with Gasteiger partial charge in [0.1, 0.15) is 5.72 Å². The Morgan fingerprint density at radius 3 is 2.36 bits per heavy atom.